The quantitative estimate of drug-likeness (QED) is 0.378. The number of hydrogen-bond acceptors (Lipinski definition) is 3. The van der Waals surface area contributed by atoms with Crippen LogP contribution in [-0.2, 0) is 9.59 Å². The molecule has 0 rings (SSSR count). The van der Waals surface area contributed by atoms with Gasteiger partial charge in [-0.25, -0.2) is 5.43 Å². The second-order valence-corrected chi connectivity index (χ2v) is 1.54. The Hall–Kier alpha value is -1.39. The summed E-state index contributed by atoms with van der Waals surface area (Å²) in [5, 5.41) is 5.60. The summed E-state index contributed by atoms with van der Waals surface area (Å²) in [5.74, 6) is -0.658. The number of nitrogens with zero attached hydrogens (tertiary/aromatic N) is 1. The summed E-state index contributed by atoms with van der Waals surface area (Å²) in [4.78, 5) is 20.5. The van der Waals surface area contributed by atoms with Crippen molar-refractivity contribution in [2.75, 3.05) is 7.05 Å². The van der Waals surface area contributed by atoms with Gasteiger partial charge in [-0.3, -0.25) is 9.59 Å². The first kappa shape index (κ1) is 8.61. The lowest BCUT2D eigenvalue weighted by Gasteiger charge is -1.89. The zero-order valence-corrected chi connectivity index (χ0v) is 5.84. The van der Waals surface area contributed by atoms with Crippen LogP contribution in [0.15, 0.2) is 5.10 Å². The molecule has 0 saturated carbocycles. The molecule has 2 amide bonds. The minimum atomic E-state index is -0.353. The summed E-state index contributed by atoms with van der Waals surface area (Å²) in [6, 6.07) is 0. The normalized spacial score (nSPS) is 9.40. The van der Waals surface area contributed by atoms with E-state index in [9.17, 15) is 9.59 Å². The Morgan fingerprint density at radius 1 is 1.50 bits per heavy atom. The van der Waals surface area contributed by atoms with Crippen LogP contribution in [0.5, 0.6) is 0 Å². The van der Waals surface area contributed by atoms with E-state index in [1.165, 1.54) is 14.0 Å². The molecule has 0 aliphatic carbocycles. The summed E-state index contributed by atoms with van der Waals surface area (Å²) < 4.78 is 0. The van der Waals surface area contributed by atoms with E-state index in [-0.39, 0.29) is 11.8 Å². The Kier molecular flexibility index (Phi) is 3.86. The minimum absolute atomic E-state index is 0.305. The number of amides is 2. The molecule has 0 aliphatic rings. The van der Waals surface area contributed by atoms with Crippen molar-refractivity contribution in [2.24, 2.45) is 5.10 Å². The molecule has 0 unspecified atom stereocenters. The summed E-state index contributed by atoms with van der Waals surface area (Å²) >= 11 is 0. The van der Waals surface area contributed by atoms with E-state index in [4.69, 9.17) is 0 Å². The number of hydrazone groups is 1. The van der Waals surface area contributed by atoms with Gasteiger partial charge in [0.05, 0.1) is 0 Å². The van der Waals surface area contributed by atoms with Crippen LogP contribution in [0.4, 0.5) is 0 Å². The molecule has 0 atom stereocenters. The maximum Gasteiger partial charge on any atom is 0.263 e. The van der Waals surface area contributed by atoms with Gasteiger partial charge >= 0.3 is 0 Å². The predicted molar refractivity (Wildman–Crippen MR) is 36.4 cm³/mol. The molecule has 10 heavy (non-hydrogen) atoms. The first-order valence-corrected chi connectivity index (χ1v) is 2.68. The first-order valence-electron chi connectivity index (χ1n) is 2.68. The standard InChI is InChI=1S/C5H9N3O2/c1-4(9)8-7-3-5(10)6-2/h3H,1-2H3,(H,6,10)(H,8,9). The van der Waals surface area contributed by atoms with E-state index in [1.54, 1.807) is 0 Å². The molecule has 0 aliphatic heterocycles. The molecular formula is C5H9N3O2. The molecule has 0 fully saturated rings. The van der Waals surface area contributed by atoms with Crippen LogP contribution in [0.1, 0.15) is 6.92 Å². The molecule has 5 nitrogen and oxygen atoms in total. The fraction of sp³-hybridized carbons (Fsp3) is 0.400. The van der Waals surface area contributed by atoms with Crippen LogP contribution >= 0.6 is 0 Å². The Morgan fingerprint density at radius 3 is 2.50 bits per heavy atom. The highest BCUT2D eigenvalue weighted by atomic mass is 16.2. The van der Waals surface area contributed by atoms with Crippen molar-refractivity contribution in [1.29, 1.82) is 0 Å². The van der Waals surface area contributed by atoms with Crippen LogP contribution in [-0.4, -0.2) is 25.1 Å². The van der Waals surface area contributed by atoms with Crippen molar-refractivity contribution < 1.29 is 9.59 Å². The van der Waals surface area contributed by atoms with Crippen molar-refractivity contribution in [1.82, 2.24) is 10.7 Å². The molecule has 0 heterocycles. The molecule has 2 N–H and O–H groups in total. The van der Waals surface area contributed by atoms with Crippen LogP contribution in [0.3, 0.4) is 0 Å². The number of carbonyl (C=O) groups is 2. The topological polar surface area (TPSA) is 70.6 Å². The Labute approximate surface area is 58.5 Å². The maximum absolute atomic E-state index is 10.4. The Balaban J connectivity index is 3.56. The van der Waals surface area contributed by atoms with Gasteiger partial charge in [-0.1, -0.05) is 0 Å². The smallest absolute Gasteiger partial charge is 0.263 e. The highest BCUT2D eigenvalue weighted by Crippen LogP contribution is 1.60. The maximum atomic E-state index is 10.4. The van der Waals surface area contributed by atoms with Gasteiger partial charge in [-0.05, 0) is 0 Å². The molecule has 0 aromatic carbocycles. The predicted octanol–water partition coefficient (Wildman–Crippen LogP) is -1.15. The second-order valence-electron chi connectivity index (χ2n) is 1.54. The number of rotatable bonds is 2. The number of hydrogen-bond donors (Lipinski definition) is 2. The van der Waals surface area contributed by atoms with Gasteiger partial charge in [0.15, 0.2) is 0 Å². The van der Waals surface area contributed by atoms with Gasteiger partial charge in [0.1, 0.15) is 6.21 Å². The minimum Gasteiger partial charge on any atom is -0.354 e. The fourth-order valence-electron chi connectivity index (χ4n) is 0.246. The lowest BCUT2D eigenvalue weighted by molar-refractivity contribution is -0.118. The van der Waals surface area contributed by atoms with E-state index in [0.717, 1.165) is 6.21 Å². The summed E-state index contributed by atoms with van der Waals surface area (Å²) in [6.07, 6.45) is 0.988. The third kappa shape index (κ3) is 4.76. The second kappa shape index (κ2) is 4.49. The van der Waals surface area contributed by atoms with Gasteiger partial charge in [-0.2, -0.15) is 5.10 Å². The SMILES string of the molecule is CNC(=O)C=NNC(C)=O. The van der Waals surface area contributed by atoms with Crippen LogP contribution < -0.4 is 10.7 Å². The van der Waals surface area contributed by atoms with Crippen molar-refractivity contribution >= 4 is 18.0 Å². The summed E-state index contributed by atoms with van der Waals surface area (Å²) in [5.41, 5.74) is 2.08. The van der Waals surface area contributed by atoms with Crippen LogP contribution in [0.25, 0.3) is 0 Å². The van der Waals surface area contributed by atoms with E-state index >= 15 is 0 Å². The molecule has 0 saturated heterocycles. The highest BCUT2D eigenvalue weighted by molar-refractivity contribution is 6.26. The fourth-order valence-corrected chi connectivity index (χ4v) is 0.246. The van der Waals surface area contributed by atoms with Gasteiger partial charge in [0.2, 0.25) is 5.91 Å². The van der Waals surface area contributed by atoms with Gasteiger partial charge in [-0.15, -0.1) is 0 Å². The van der Waals surface area contributed by atoms with Gasteiger partial charge in [0.25, 0.3) is 5.91 Å². The van der Waals surface area contributed by atoms with E-state index in [0.29, 0.717) is 0 Å². The third-order valence-electron chi connectivity index (χ3n) is 0.650. The molecular weight excluding hydrogens is 134 g/mol. The molecule has 0 aromatic rings. The molecule has 0 radical (unpaired) electrons. The highest BCUT2D eigenvalue weighted by Gasteiger charge is 1.88. The van der Waals surface area contributed by atoms with E-state index < -0.39 is 0 Å². The van der Waals surface area contributed by atoms with Crippen LogP contribution in [0.2, 0.25) is 0 Å². The summed E-state index contributed by atoms with van der Waals surface area (Å²) in [6.45, 7) is 1.31. The molecule has 0 aromatic heterocycles. The lowest BCUT2D eigenvalue weighted by atomic mass is 10.7. The number of carbonyl (C=O) groups excluding carboxylic acids is 2. The van der Waals surface area contributed by atoms with Gasteiger partial charge in [0, 0.05) is 14.0 Å². The average molecular weight is 143 g/mol. The zero-order chi connectivity index (χ0) is 7.98. The molecule has 5 heteroatoms. The van der Waals surface area contributed by atoms with Gasteiger partial charge < -0.3 is 5.32 Å². The third-order valence-corrected chi connectivity index (χ3v) is 0.650. The zero-order valence-electron chi connectivity index (χ0n) is 5.84. The Bertz CT molecular complexity index is 164. The molecule has 0 bridgehead atoms. The van der Waals surface area contributed by atoms with Crippen molar-refractivity contribution in [3.05, 3.63) is 0 Å². The van der Waals surface area contributed by atoms with Crippen molar-refractivity contribution in [2.45, 2.75) is 6.92 Å². The van der Waals surface area contributed by atoms with E-state index in [1.807, 2.05) is 0 Å². The van der Waals surface area contributed by atoms with E-state index in [2.05, 4.69) is 15.8 Å². The first-order chi connectivity index (χ1) is 4.66. The molecule has 56 valence electrons. The largest absolute Gasteiger partial charge is 0.354 e. The number of nitrogens with one attached hydrogen (secondary N) is 2. The van der Waals surface area contributed by atoms with Crippen LogP contribution in [0, 0.1) is 0 Å². The van der Waals surface area contributed by atoms with Crippen molar-refractivity contribution in [3.63, 3.8) is 0 Å². The Morgan fingerprint density at radius 2 is 2.10 bits per heavy atom. The monoisotopic (exact) mass is 143 g/mol. The lowest BCUT2D eigenvalue weighted by Crippen LogP contribution is -2.21. The molecule has 0 spiro atoms. The summed E-state index contributed by atoms with van der Waals surface area (Å²) in [7, 11) is 1.47. The average Bonchev–Trinajstić information content (AvgIpc) is 1.87. The van der Waals surface area contributed by atoms with Crippen molar-refractivity contribution in [3.8, 4) is 0 Å².